The number of nitrogens with one attached hydrogen (secondary N) is 1. The zero-order valence-electron chi connectivity index (χ0n) is 14.5. The average Bonchev–Trinajstić information content (AvgIpc) is 3.36. The molecule has 0 saturated carbocycles. The van der Waals surface area contributed by atoms with Crippen LogP contribution in [0.4, 0.5) is 0 Å². The molecule has 8 nitrogen and oxygen atoms in total. The maximum absolute atomic E-state index is 12.6. The minimum absolute atomic E-state index is 0.0533. The van der Waals surface area contributed by atoms with Crippen molar-refractivity contribution in [2.45, 2.75) is 24.3 Å². The summed E-state index contributed by atoms with van der Waals surface area (Å²) in [4.78, 5) is 18.3. The predicted molar refractivity (Wildman–Crippen MR) is 97.4 cm³/mol. The molecule has 0 aliphatic carbocycles. The van der Waals surface area contributed by atoms with Crippen LogP contribution in [-0.4, -0.2) is 42.5 Å². The van der Waals surface area contributed by atoms with E-state index in [1.165, 1.54) is 18.2 Å². The Hall–Kier alpha value is -2.78. The number of rotatable bonds is 5. The number of sulfonamides is 1. The van der Waals surface area contributed by atoms with Gasteiger partial charge < -0.3 is 9.42 Å². The van der Waals surface area contributed by atoms with Crippen LogP contribution >= 0.6 is 0 Å². The van der Waals surface area contributed by atoms with Gasteiger partial charge in [-0.1, -0.05) is 11.2 Å². The summed E-state index contributed by atoms with van der Waals surface area (Å²) < 4.78 is 33.0. The molecule has 1 aliphatic heterocycles. The number of hydrogen-bond donors (Lipinski definition) is 1. The number of pyridine rings is 1. The first-order valence-electron chi connectivity index (χ1n) is 8.62. The molecule has 9 heteroatoms. The van der Waals surface area contributed by atoms with Gasteiger partial charge in [-0.3, -0.25) is 9.78 Å². The van der Waals surface area contributed by atoms with Crippen LogP contribution in [0.3, 0.4) is 0 Å². The molecule has 1 fully saturated rings. The number of aromatic nitrogens is 2. The van der Waals surface area contributed by atoms with Crippen LogP contribution in [-0.2, 0) is 16.6 Å². The summed E-state index contributed by atoms with van der Waals surface area (Å²) in [6, 6.07) is 7.90. The van der Waals surface area contributed by atoms with Gasteiger partial charge in [0.25, 0.3) is 5.91 Å². The van der Waals surface area contributed by atoms with Crippen molar-refractivity contribution in [1.29, 1.82) is 0 Å². The summed E-state index contributed by atoms with van der Waals surface area (Å²) in [5.74, 6) is -0.232. The fourth-order valence-electron chi connectivity index (χ4n) is 3.07. The Bertz CT molecular complexity index is 1070. The standard InChI is InChI=1S/C18H18N4O4S/c23-18(22-8-1-2-9-22)17-15-10-14(5-6-16(15)26-21-17)27(24,25)20-12-13-4-3-7-19-11-13/h3-7,10-11,20H,1-2,8-9,12H2. The summed E-state index contributed by atoms with van der Waals surface area (Å²) in [7, 11) is -3.76. The minimum Gasteiger partial charge on any atom is -0.355 e. The molecule has 27 heavy (non-hydrogen) atoms. The number of likely N-dealkylation sites (tertiary alicyclic amines) is 1. The van der Waals surface area contributed by atoms with E-state index in [0.717, 1.165) is 18.4 Å². The summed E-state index contributed by atoms with van der Waals surface area (Å²) in [5.41, 5.74) is 1.27. The van der Waals surface area contributed by atoms with Gasteiger partial charge in [-0.2, -0.15) is 0 Å². The van der Waals surface area contributed by atoms with E-state index < -0.39 is 10.0 Å². The number of hydrogen-bond acceptors (Lipinski definition) is 6. The van der Waals surface area contributed by atoms with Gasteiger partial charge in [0.1, 0.15) is 0 Å². The number of benzene rings is 1. The van der Waals surface area contributed by atoms with Gasteiger partial charge in [0, 0.05) is 32.0 Å². The van der Waals surface area contributed by atoms with Gasteiger partial charge >= 0.3 is 0 Å². The third-order valence-electron chi connectivity index (χ3n) is 4.54. The Morgan fingerprint density at radius 2 is 2.04 bits per heavy atom. The second-order valence-corrected chi connectivity index (χ2v) is 8.14. The number of carbonyl (C=O) groups excluding carboxylic acids is 1. The Morgan fingerprint density at radius 1 is 1.22 bits per heavy atom. The van der Waals surface area contributed by atoms with Gasteiger partial charge in [-0.05, 0) is 42.7 Å². The quantitative estimate of drug-likeness (QED) is 0.718. The molecular formula is C18H18N4O4S. The second-order valence-electron chi connectivity index (χ2n) is 6.37. The normalized spacial score (nSPS) is 14.7. The Balaban J connectivity index is 1.62. The van der Waals surface area contributed by atoms with Crippen LogP contribution in [0.1, 0.15) is 28.9 Å². The molecule has 2 aromatic heterocycles. The molecule has 3 aromatic rings. The zero-order valence-corrected chi connectivity index (χ0v) is 15.3. The van der Waals surface area contributed by atoms with Gasteiger partial charge in [0.15, 0.2) is 11.3 Å². The van der Waals surface area contributed by atoms with Crippen LogP contribution in [0.2, 0.25) is 0 Å². The van der Waals surface area contributed by atoms with Crippen molar-refractivity contribution in [3.8, 4) is 0 Å². The van der Waals surface area contributed by atoms with E-state index in [9.17, 15) is 13.2 Å². The Kier molecular flexibility index (Phi) is 4.63. The fourth-order valence-corrected chi connectivity index (χ4v) is 4.12. The summed E-state index contributed by atoms with van der Waals surface area (Å²) in [5, 5.41) is 4.27. The number of fused-ring (bicyclic) bond motifs is 1. The first-order valence-corrected chi connectivity index (χ1v) is 10.1. The van der Waals surface area contributed by atoms with Crippen LogP contribution in [0.15, 0.2) is 52.1 Å². The van der Waals surface area contributed by atoms with Gasteiger partial charge in [-0.25, -0.2) is 13.1 Å². The molecule has 0 atom stereocenters. The lowest BCUT2D eigenvalue weighted by Gasteiger charge is -2.13. The van der Waals surface area contributed by atoms with Crippen LogP contribution < -0.4 is 4.72 Å². The maximum atomic E-state index is 12.6. The van der Waals surface area contributed by atoms with E-state index in [0.29, 0.717) is 24.1 Å². The van der Waals surface area contributed by atoms with Crippen molar-refractivity contribution >= 4 is 26.9 Å². The van der Waals surface area contributed by atoms with E-state index in [-0.39, 0.29) is 23.0 Å². The molecule has 1 saturated heterocycles. The molecule has 140 valence electrons. The first-order chi connectivity index (χ1) is 13.0. The largest absolute Gasteiger partial charge is 0.355 e. The van der Waals surface area contributed by atoms with Crippen molar-refractivity contribution in [1.82, 2.24) is 19.8 Å². The molecule has 0 bridgehead atoms. The highest BCUT2D eigenvalue weighted by atomic mass is 32.2. The van der Waals surface area contributed by atoms with Crippen LogP contribution in [0.25, 0.3) is 11.0 Å². The Morgan fingerprint density at radius 3 is 2.78 bits per heavy atom. The van der Waals surface area contributed by atoms with E-state index in [2.05, 4.69) is 14.9 Å². The fraction of sp³-hybridized carbons (Fsp3) is 0.278. The highest BCUT2D eigenvalue weighted by Gasteiger charge is 2.26. The van der Waals surface area contributed by atoms with Gasteiger partial charge in [0.2, 0.25) is 10.0 Å². The monoisotopic (exact) mass is 386 g/mol. The molecule has 0 radical (unpaired) electrons. The molecule has 1 amide bonds. The summed E-state index contributed by atoms with van der Waals surface area (Å²) >= 11 is 0. The third-order valence-corrected chi connectivity index (χ3v) is 5.94. The lowest BCUT2D eigenvalue weighted by atomic mass is 10.2. The maximum Gasteiger partial charge on any atom is 0.276 e. The van der Waals surface area contributed by atoms with E-state index in [1.54, 1.807) is 29.4 Å². The topological polar surface area (TPSA) is 105 Å². The SMILES string of the molecule is O=C(c1noc2ccc(S(=O)(=O)NCc3cccnc3)cc12)N1CCCC1. The molecular weight excluding hydrogens is 368 g/mol. The van der Waals surface area contributed by atoms with Crippen molar-refractivity contribution in [3.63, 3.8) is 0 Å². The Labute approximate surface area is 156 Å². The highest BCUT2D eigenvalue weighted by Crippen LogP contribution is 2.24. The third kappa shape index (κ3) is 3.56. The number of nitrogens with zero attached hydrogens (tertiary/aromatic N) is 3. The molecule has 4 rings (SSSR count). The second kappa shape index (κ2) is 7.09. The van der Waals surface area contributed by atoms with Crippen molar-refractivity contribution in [3.05, 3.63) is 54.0 Å². The molecule has 1 N–H and O–H groups in total. The van der Waals surface area contributed by atoms with E-state index in [4.69, 9.17) is 4.52 Å². The van der Waals surface area contributed by atoms with Crippen molar-refractivity contribution in [2.24, 2.45) is 0 Å². The van der Waals surface area contributed by atoms with Crippen molar-refractivity contribution < 1.29 is 17.7 Å². The zero-order chi connectivity index (χ0) is 18.9. The lowest BCUT2D eigenvalue weighted by molar-refractivity contribution is 0.0784. The molecule has 1 aliphatic rings. The van der Waals surface area contributed by atoms with Gasteiger partial charge in [-0.15, -0.1) is 0 Å². The van der Waals surface area contributed by atoms with Crippen LogP contribution in [0.5, 0.6) is 0 Å². The van der Waals surface area contributed by atoms with Gasteiger partial charge in [0.05, 0.1) is 10.3 Å². The minimum atomic E-state index is -3.76. The van der Waals surface area contributed by atoms with Crippen LogP contribution in [0, 0.1) is 0 Å². The smallest absolute Gasteiger partial charge is 0.276 e. The summed E-state index contributed by atoms with van der Waals surface area (Å²) in [6.07, 6.45) is 5.13. The number of carbonyl (C=O) groups is 1. The van der Waals surface area contributed by atoms with Crippen molar-refractivity contribution in [2.75, 3.05) is 13.1 Å². The average molecular weight is 386 g/mol. The molecule has 0 unspecified atom stereocenters. The lowest BCUT2D eigenvalue weighted by Crippen LogP contribution is -2.28. The predicted octanol–water partition coefficient (Wildman–Crippen LogP) is 1.94. The molecule has 1 aromatic carbocycles. The number of amides is 1. The van der Waals surface area contributed by atoms with E-state index >= 15 is 0 Å². The molecule has 0 spiro atoms. The summed E-state index contributed by atoms with van der Waals surface area (Å²) in [6.45, 7) is 1.48. The molecule has 3 heterocycles. The first kappa shape index (κ1) is 17.6. The van der Waals surface area contributed by atoms with E-state index in [1.807, 2.05) is 0 Å². The highest BCUT2D eigenvalue weighted by molar-refractivity contribution is 7.89.